The monoisotopic (exact) mass is 360 g/mol. The summed E-state index contributed by atoms with van der Waals surface area (Å²) in [5.41, 5.74) is 3.08. The van der Waals surface area contributed by atoms with Gasteiger partial charge in [-0.15, -0.1) is 0 Å². The van der Waals surface area contributed by atoms with E-state index in [9.17, 15) is 14.4 Å². The number of rotatable bonds is 5. The van der Waals surface area contributed by atoms with Gasteiger partial charge in [-0.05, 0) is 50.3 Å². The van der Waals surface area contributed by atoms with Gasteiger partial charge in [-0.3, -0.25) is 14.9 Å². The molecular formula is C20H28N2O4. The second-order valence-electron chi connectivity index (χ2n) is 7.03. The van der Waals surface area contributed by atoms with Gasteiger partial charge in [0.05, 0.1) is 6.42 Å². The molecule has 0 heterocycles. The number of hydrogen-bond donors (Lipinski definition) is 2. The van der Waals surface area contributed by atoms with Crippen molar-refractivity contribution in [3.05, 3.63) is 34.9 Å². The molecule has 1 aliphatic rings. The molecule has 142 valence electrons. The molecule has 0 aromatic heterocycles. The molecule has 6 nitrogen and oxygen atoms in total. The van der Waals surface area contributed by atoms with Crippen LogP contribution in [0.1, 0.15) is 55.7 Å². The maximum Gasteiger partial charge on any atom is 0.321 e. The van der Waals surface area contributed by atoms with Gasteiger partial charge in [-0.25, -0.2) is 4.79 Å². The maximum atomic E-state index is 12.0. The van der Waals surface area contributed by atoms with E-state index < -0.39 is 24.0 Å². The molecule has 0 unspecified atom stereocenters. The number of carbonyl (C=O) groups is 3. The summed E-state index contributed by atoms with van der Waals surface area (Å²) in [4.78, 5) is 35.9. The molecule has 0 bridgehead atoms. The normalized spacial score (nSPS) is 15.8. The Bertz CT molecular complexity index is 666. The molecule has 0 spiro atoms. The highest BCUT2D eigenvalue weighted by molar-refractivity contribution is 5.97. The van der Waals surface area contributed by atoms with Crippen LogP contribution >= 0.6 is 0 Å². The fourth-order valence-electron chi connectivity index (χ4n) is 3.05. The molecule has 0 radical (unpaired) electrons. The highest BCUT2D eigenvalue weighted by Crippen LogP contribution is 2.17. The zero-order valence-corrected chi connectivity index (χ0v) is 15.8. The molecule has 1 aromatic carbocycles. The number of aryl methyl sites for hydroxylation is 2. The molecule has 2 rings (SSSR count). The topological polar surface area (TPSA) is 84.5 Å². The second kappa shape index (κ2) is 9.36. The lowest BCUT2D eigenvalue weighted by Gasteiger charge is -2.23. The van der Waals surface area contributed by atoms with E-state index in [1.807, 2.05) is 32.0 Å². The minimum absolute atomic E-state index is 0.0903. The molecule has 0 aliphatic heterocycles. The van der Waals surface area contributed by atoms with Crippen LogP contribution in [0, 0.1) is 13.8 Å². The van der Waals surface area contributed by atoms with Crippen molar-refractivity contribution < 1.29 is 19.1 Å². The third-order valence-corrected chi connectivity index (χ3v) is 4.77. The fraction of sp³-hybridized carbons (Fsp3) is 0.550. The second-order valence-corrected chi connectivity index (χ2v) is 7.03. The maximum absolute atomic E-state index is 12.0. The largest absolute Gasteiger partial charge is 0.452 e. The Hall–Kier alpha value is -2.37. The molecule has 1 fully saturated rings. The Morgan fingerprint density at radius 1 is 1.12 bits per heavy atom. The quantitative estimate of drug-likeness (QED) is 0.791. The Morgan fingerprint density at radius 3 is 2.46 bits per heavy atom. The van der Waals surface area contributed by atoms with Crippen molar-refractivity contribution in [2.45, 2.75) is 71.4 Å². The predicted octanol–water partition coefficient (Wildman–Crippen LogP) is 2.94. The molecule has 2 N–H and O–H groups in total. The van der Waals surface area contributed by atoms with Gasteiger partial charge < -0.3 is 10.1 Å². The van der Waals surface area contributed by atoms with E-state index in [1.165, 1.54) is 13.3 Å². The highest BCUT2D eigenvalue weighted by atomic mass is 16.5. The summed E-state index contributed by atoms with van der Waals surface area (Å²) in [5.74, 6) is -1.12. The van der Waals surface area contributed by atoms with Crippen molar-refractivity contribution in [3.8, 4) is 0 Å². The molecular weight excluding hydrogens is 332 g/mol. The van der Waals surface area contributed by atoms with Crippen LogP contribution in [0.15, 0.2) is 18.2 Å². The van der Waals surface area contributed by atoms with Crippen LogP contribution in [-0.4, -0.2) is 30.1 Å². The van der Waals surface area contributed by atoms with Gasteiger partial charge in [0.2, 0.25) is 0 Å². The average molecular weight is 360 g/mol. The van der Waals surface area contributed by atoms with Crippen molar-refractivity contribution in [1.29, 1.82) is 0 Å². The van der Waals surface area contributed by atoms with Crippen LogP contribution in [-0.2, 0) is 20.7 Å². The van der Waals surface area contributed by atoms with E-state index in [0.29, 0.717) is 0 Å². The SMILES string of the molecule is Cc1ccc(CC(=O)O[C@H](C)C(=O)NC(=O)NC2CCCCC2)cc1C. The smallest absolute Gasteiger partial charge is 0.321 e. The van der Waals surface area contributed by atoms with Crippen LogP contribution in [0.25, 0.3) is 0 Å². The number of hydrogen-bond acceptors (Lipinski definition) is 4. The zero-order valence-electron chi connectivity index (χ0n) is 15.8. The molecule has 1 aliphatic carbocycles. The molecule has 1 saturated carbocycles. The van der Waals surface area contributed by atoms with Crippen molar-refractivity contribution in [2.75, 3.05) is 0 Å². The van der Waals surface area contributed by atoms with Gasteiger partial charge >= 0.3 is 12.0 Å². The number of nitrogens with one attached hydrogen (secondary N) is 2. The van der Waals surface area contributed by atoms with E-state index in [0.717, 1.165) is 42.4 Å². The summed E-state index contributed by atoms with van der Waals surface area (Å²) in [6.07, 6.45) is 4.30. The summed E-state index contributed by atoms with van der Waals surface area (Å²) in [6, 6.07) is 5.33. The fourth-order valence-corrected chi connectivity index (χ4v) is 3.05. The summed E-state index contributed by atoms with van der Waals surface area (Å²) in [5, 5.41) is 5.04. The van der Waals surface area contributed by atoms with Gasteiger partial charge in [-0.1, -0.05) is 37.5 Å². The van der Waals surface area contributed by atoms with Crippen molar-refractivity contribution in [2.24, 2.45) is 0 Å². The number of esters is 1. The van der Waals surface area contributed by atoms with E-state index in [1.54, 1.807) is 0 Å². The predicted molar refractivity (Wildman–Crippen MR) is 98.7 cm³/mol. The summed E-state index contributed by atoms with van der Waals surface area (Å²) < 4.78 is 5.15. The number of benzene rings is 1. The standard InChI is InChI=1S/C20H28N2O4/c1-13-9-10-16(11-14(13)2)12-18(23)26-15(3)19(24)22-20(25)21-17-7-5-4-6-8-17/h9-11,15,17H,4-8,12H2,1-3H3,(H2,21,22,24,25)/t15-/m1/s1. The molecule has 6 heteroatoms. The summed E-state index contributed by atoms with van der Waals surface area (Å²) >= 11 is 0. The first-order chi connectivity index (χ1) is 12.3. The number of imide groups is 1. The number of amides is 3. The molecule has 26 heavy (non-hydrogen) atoms. The molecule has 1 aromatic rings. The zero-order chi connectivity index (χ0) is 19.1. The van der Waals surface area contributed by atoms with Gasteiger partial charge in [-0.2, -0.15) is 0 Å². The van der Waals surface area contributed by atoms with Crippen molar-refractivity contribution >= 4 is 17.9 Å². The van der Waals surface area contributed by atoms with Crippen molar-refractivity contribution in [1.82, 2.24) is 10.6 Å². The van der Waals surface area contributed by atoms with E-state index in [2.05, 4.69) is 10.6 Å². The Labute approximate surface area is 154 Å². The first-order valence-electron chi connectivity index (χ1n) is 9.22. The molecule has 3 amide bonds. The number of ether oxygens (including phenoxy) is 1. The molecule has 1 atom stereocenters. The number of carbonyl (C=O) groups excluding carboxylic acids is 3. The average Bonchev–Trinajstić information content (AvgIpc) is 2.58. The van der Waals surface area contributed by atoms with E-state index in [4.69, 9.17) is 4.74 Å². The van der Waals surface area contributed by atoms with Gasteiger partial charge in [0.25, 0.3) is 5.91 Å². The van der Waals surface area contributed by atoms with Crippen molar-refractivity contribution in [3.63, 3.8) is 0 Å². The highest BCUT2D eigenvalue weighted by Gasteiger charge is 2.22. The third-order valence-electron chi connectivity index (χ3n) is 4.77. The molecule has 0 saturated heterocycles. The minimum atomic E-state index is -1.02. The Kier molecular flexibility index (Phi) is 7.18. The Balaban J connectivity index is 1.77. The van der Waals surface area contributed by atoms with E-state index >= 15 is 0 Å². The summed E-state index contributed by atoms with van der Waals surface area (Å²) in [6.45, 7) is 5.44. The van der Waals surface area contributed by atoms with Crippen LogP contribution in [0.5, 0.6) is 0 Å². The van der Waals surface area contributed by atoms with Gasteiger partial charge in [0.1, 0.15) is 0 Å². The lowest BCUT2D eigenvalue weighted by atomic mass is 9.96. The minimum Gasteiger partial charge on any atom is -0.452 e. The Morgan fingerprint density at radius 2 is 1.81 bits per heavy atom. The van der Waals surface area contributed by atoms with Crippen LogP contribution < -0.4 is 10.6 Å². The van der Waals surface area contributed by atoms with Crippen LogP contribution in [0.4, 0.5) is 4.79 Å². The van der Waals surface area contributed by atoms with Crippen LogP contribution in [0.2, 0.25) is 0 Å². The first-order valence-corrected chi connectivity index (χ1v) is 9.22. The first kappa shape index (κ1) is 19.9. The van der Waals surface area contributed by atoms with Gasteiger partial charge in [0, 0.05) is 6.04 Å². The number of urea groups is 1. The summed E-state index contributed by atoms with van der Waals surface area (Å²) in [7, 11) is 0. The lowest BCUT2D eigenvalue weighted by molar-refractivity contribution is -0.153. The van der Waals surface area contributed by atoms with Crippen LogP contribution in [0.3, 0.4) is 0 Å². The van der Waals surface area contributed by atoms with Gasteiger partial charge in [0.15, 0.2) is 6.10 Å². The van der Waals surface area contributed by atoms with E-state index in [-0.39, 0.29) is 12.5 Å². The lowest BCUT2D eigenvalue weighted by Crippen LogP contribution is -2.48. The third kappa shape index (κ3) is 6.17.